The lowest BCUT2D eigenvalue weighted by molar-refractivity contribution is -0.135. The van der Waals surface area contributed by atoms with Gasteiger partial charge in [0.25, 0.3) is 0 Å². The molecule has 0 amide bonds. The minimum absolute atomic E-state index is 0.0121. The first kappa shape index (κ1) is 32.7. The van der Waals surface area contributed by atoms with Crippen molar-refractivity contribution >= 4 is 16.1 Å². The van der Waals surface area contributed by atoms with Crippen LogP contribution >= 0.6 is 0 Å². The SMILES string of the molecule is CC12CCC3c4ccc(OC(=O)C(N)CS(=O)(=O)Oc5ccc6c(c5)CCC5C6CCC6(C)C(O)CCC56)cc4CCC3C1CCC2O. The lowest BCUT2D eigenvalue weighted by atomic mass is 9.55. The molecule has 0 bridgehead atoms. The van der Waals surface area contributed by atoms with Crippen LogP contribution in [0.1, 0.15) is 112 Å². The van der Waals surface area contributed by atoms with E-state index in [1.165, 1.54) is 16.7 Å². The third-order valence-corrected chi connectivity index (χ3v) is 15.6. The first-order valence-corrected chi connectivity index (χ1v) is 20.0. The Hall–Kier alpha value is -2.46. The van der Waals surface area contributed by atoms with Gasteiger partial charge in [-0.2, -0.15) is 8.42 Å². The van der Waals surface area contributed by atoms with E-state index in [0.29, 0.717) is 41.3 Å². The Balaban J connectivity index is 0.889. The summed E-state index contributed by atoms with van der Waals surface area (Å²) in [6, 6.07) is 9.96. The van der Waals surface area contributed by atoms with E-state index in [-0.39, 0.29) is 28.8 Å². The summed E-state index contributed by atoms with van der Waals surface area (Å²) in [4.78, 5) is 13.0. The lowest BCUT2D eigenvalue weighted by Crippen LogP contribution is -2.44. The Labute approximate surface area is 284 Å². The minimum atomic E-state index is -4.16. The highest BCUT2D eigenvalue weighted by Crippen LogP contribution is 2.62. The van der Waals surface area contributed by atoms with Gasteiger partial charge in [-0.25, -0.2) is 4.79 Å². The molecular weight excluding hydrogens is 626 g/mol. The molecule has 0 aliphatic heterocycles. The van der Waals surface area contributed by atoms with E-state index in [0.717, 1.165) is 82.6 Å². The summed E-state index contributed by atoms with van der Waals surface area (Å²) in [6.45, 7) is 4.53. The summed E-state index contributed by atoms with van der Waals surface area (Å²) < 4.78 is 37.2. The molecule has 8 rings (SSSR count). The predicted molar refractivity (Wildman–Crippen MR) is 182 cm³/mol. The molecule has 2 aromatic rings. The predicted octanol–water partition coefficient (Wildman–Crippen LogP) is 5.76. The first-order chi connectivity index (χ1) is 22.9. The van der Waals surface area contributed by atoms with Crippen molar-refractivity contribution in [2.24, 2.45) is 40.2 Å². The molecule has 0 aromatic heterocycles. The number of hydrogen-bond acceptors (Lipinski definition) is 8. The molecule has 4 saturated carbocycles. The molecule has 4 N–H and O–H groups in total. The van der Waals surface area contributed by atoms with Crippen LogP contribution in [-0.4, -0.2) is 48.6 Å². The lowest BCUT2D eigenvalue weighted by Gasteiger charge is -2.50. The van der Waals surface area contributed by atoms with Crippen molar-refractivity contribution in [2.75, 3.05) is 5.75 Å². The quantitative estimate of drug-likeness (QED) is 0.200. The van der Waals surface area contributed by atoms with Crippen LogP contribution in [0.15, 0.2) is 36.4 Å². The zero-order chi connectivity index (χ0) is 33.6. The number of benzene rings is 2. The number of aliphatic hydroxyl groups is 2. The number of carbonyl (C=O) groups excluding carboxylic acids is 1. The maximum Gasteiger partial charge on any atom is 0.329 e. The number of nitrogens with two attached hydrogens (primary N) is 1. The van der Waals surface area contributed by atoms with Crippen LogP contribution in [0.2, 0.25) is 0 Å². The fourth-order valence-electron chi connectivity index (χ4n) is 11.8. The van der Waals surface area contributed by atoms with E-state index in [9.17, 15) is 23.4 Å². The largest absolute Gasteiger partial charge is 0.425 e. The van der Waals surface area contributed by atoms with Crippen LogP contribution < -0.4 is 14.7 Å². The summed E-state index contributed by atoms with van der Waals surface area (Å²) in [5.74, 6) is 2.21. The molecule has 11 unspecified atom stereocenters. The number of rotatable bonds is 6. The van der Waals surface area contributed by atoms with Crippen LogP contribution in [-0.2, 0) is 27.8 Å². The molecule has 8 nitrogen and oxygen atoms in total. The standard InChI is InChI=1S/C39H51NO7S/c1-38-17-15-28-26-9-5-24(19-22(26)3-7-30(28)32(38)11-13-35(38)41)46-37(43)34(40)21-48(44,45)47-25-6-10-27-23(20-25)4-8-31-29(27)16-18-39(2)33(31)12-14-36(39)42/h5-6,9-10,19-20,28-36,41-42H,3-4,7-8,11-18,21,40H2,1-2H3. The van der Waals surface area contributed by atoms with Crippen LogP contribution in [0.3, 0.4) is 0 Å². The molecule has 0 spiro atoms. The Bertz CT molecular complexity index is 1710. The van der Waals surface area contributed by atoms with E-state index >= 15 is 0 Å². The van der Waals surface area contributed by atoms with Gasteiger partial charge in [0.2, 0.25) is 0 Å². The van der Waals surface area contributed by atoms with Crippen LogP contribution in [0.5, 0.6) is 11.5 Å². The number of aryl methyl sites for hydroxylation is 2. The molecule has 0 heterocycles. The molecule has 0 radical (unpaired) electrons. The van der Waals surface area contributed by atoms with Gasteiger partial charge >= 0.3 is 16.1 Å². The maximum absolute atomic E-state index is 13.1. The van der Waals surface area contributed by atoms with Gasteiger partial charge in [-0.15, -0.1) is 0 Å². The Morgan fingerprint density at radius 3 is 1.83 bits per heavy atom. The third-order valence-electron chi connectivity index (χ3n) is 14.4. The van der Waals surface area contributed by atoms with Crippen LogP contribution in [0, 0.1) is 34.5 Å². The number of aliphatic hydroxyl groups excluding tert-OH is 2. The van der Waals surface area contributed by atoms with Crippen LogP contribution in [0.25, 0.3) is 0 Å². The van der Waals surface area contributed by atoms with E-state index in [4.69, 9.17) is 14.7 Å². The first-order valence-electron chi connectivity index (χ1n) is 18.4. The highest BCUT2D eigenvalue weighted by Gasteiger charge is 2.55. The molecule has 48 heavy (non-hydrogen) atoms. The summed E-state index contributed by atoms with van der Waals surface area (Å²) >= 11 is 0. The third kappa shape index (κ3) is 5.33. The smallest absolute Gasteiger partial charge is 0.329 e. The molecule has 6 aliphatic carbocycles. The topological polar surface area (TPSA) is 136 Å². The van der Waals surface area contributed by atoms with Gasteiger partial charge in [0.1, 0.15) is 23.3 Å². The molecule has 6 aliphatic rings. The van der Waals surface area contributed by atoms with E-state index in [1.807, 2.05) is 18.2 Å². The van der Waals surface area contributed by atoms with Gasteiger partial charge in [-0.3, -0.25) is 0 Å². The molecule has 9 heteroatoms. The van der Waals surface area contributed by atoms with Gasteiger partial charge in [0.05, 0.1) is 12.2 Å². The monoisotopic (exact) mass is 677 g/mol. The normalized spacial score (nSPS) is 38.8. The second kappa shape index (κ2) is 11.8. The zero-order valence-corrected chi connectivity index (χ0v) is 29.1. The molecule has 0 saturated heterocycles. The van der Waals surface area contributed by atoms with Crippen molar-refractivity contribution < 1.29 is 32.3 Å². The fraction of sp³-hybridized carbons (Fsp3) is 0.667. The summed E-state index contributed by atoms with van der Waals surface area (Å²) in [5.41, 5.74) is 11.0. The number of carbonyl (C=O) groups is 1. The second-order valence-corrected chi connectivity index (χ2v) is 18.3. The summed E-state index contributed by atoms with van der Waals surface area (Å²) in [7, 11) is -4.16. The number of fused-ring (bicyclic) bond motifs is 10. The van der Waals surface area contributed by atoms with E-state index in [2.05, 4.69) is 19.9 Å². The van der Waals surface area contributed by atoms with Crippen molar-refractivity contribution in [3.05, 3.63) is 58.7 Å². The average Bonchev–Trinajstić information content (AvgIpc) is 3.53. The van der Waals surface area contributed by atoms with Crippen molar-refractivity contribution in [1.29, 1.82) is 0 Å². The van der Waals surface area contributed by atoms with Crippen LogP contribution in [0.4, 0.5) is 0 Å². The summed E-state index contributed by atoms with van der Waals surface area (Å²) in [5, 5.41) is 21.4. The number of esters is 1. The Morgan fingerprint density at radius 2 is 1.29 bits per heavy atom. The van der Waals surface area contributed by atoms with Crippen molar-refractivity contribution in [2.45, 2.75) is 121 Å². The highest BCUT2D eigenvalue weighted by atomic mass is 32.2. The van der Waals surface area contributed by atoms with Gasteiger partial charge in [0, 0.05) is 0 Å². The van der Waals surface area contributed by atoms with Crippen molar-refractivity contribution in [3.8, 4) is 11.5 Å². The van der Waals surface area contributed by atoms with Gasteiger partial charge in [-0.1, -0.05) is 26.0 Å². The number of hydrogen-bond donors (Lipinski definition) is 3. The average molecular weight is 678 g/mol. The van der Waals surface area contributed by atoms with Gasteiger partial charge in [-0.05, 0) is 170 Å². The van der Waals surface area contributed by atoms with Gasteiger partial charge in [0.15, 0.2) is 0 Å². The zero-order valence-electron chi connectivity index (χ0n) is 28.3. The minimum Gasteiger partial charge on any atom is -0.425 e. The maximum atomic E-state index is 13.1. The molecular formula is C39H51NO7S. The number of ether oxygens (including phenoxy) is 1. The Morgan fingerprint density at radius 1 is 0.792 bits per heavy atom. The van der Waals surface area contributed by atoms with E-state index < -0.39 is 27.9 Å². The molecule has 4 fully saturated rings. The fourth-order valence-corrected chi connectivity index (χ4v) is 12.9. The van der Waals surface area contributed by atoms with E-state index in [1.54, 1.807) is 12.1 Å². The molecule has 260 valence electrons. The second-order valence-electron chi connectivity index (χ2n) is 16.7. The van der Waals surface area contributed by atoms with Gasteiger partial charge < -0.3 is 24.9 Å². The Kier molecular flexibility index (Phi) is 8.06. The van der Waals surface area contributed by atoms with Crippen molar-refractivity contribution in [1.82, 2.24) is 0 Å². The molecule has 11 atom stereocenters. The highest BCUT2D eigenvalue weighted by molar-refractivity contribution is 7.87. The summed E-state index contributed by atoms with van der Waals surface area (Å²) in [6.07, 6.45) is 11.5. The molecule has 2 aromatic carbocycles. The van der Waals surface area contributed by atoms with Crippen molar-refractivity contribution in [3.63, 3.8) is 0 Å².